The summed E-state index contributed by atoms with van der Waals surface area (Å²) in [5.41, 5.74) is 4.43. The number of carboxylic acid groups (broad SMARTS) is 1. The van der Waals surface area contributed by atoms with Gasteiger partial charge in [0.15, 0.2) is 0 Å². The topological polar surface area (TPSA) is 66.8 Å². The molecular weight excluding hydrogens is 337 g/mol. The van der Waals surface area contributed by atoms with Crippen molar-refractivity contribution in [2.75, 3.05) is 19.7 Å². The maximum absolute atomic E-state index is 13.8. The van der Waals surface area contributed by atoms with E-state index in [0.717, 1.165) is 27.2 Å². The van der Waals surface area contributed by atoms with Crippen LogP contribution in [0.1, 0.15) is 17.0 Å². The highest BCUT2D eigenvalue weighted by Gasteiger charge is 2.41. The molecule has 2 atom stereocenters. The second kappa shape index (κ2) is 6.44. The third kappa shape index (κ3) is 2.71. The lowest BCUT2D eigenvalue weighted by Gasteiger charge is -2.19. The Bertz CT molecular complexity index is 823. The molecule has 4 rings (SSSR count). The first kappa shape index (κ1) is 16.6. The number of likely N-dealkylation sites (tertiary alicyclic amines) is 1. The predicted molar refractivity (Wildman–Crippen MR) is 92.7 cm³/mol. The summed E-state index contributed by atoms with van der Waals surface area (Å²) >= 11 is 0. The standard InChI is InChI=1S/C20H18FNO4/c21-18-10-22(9-16(18)19(23)24)20(25)26-11-17-14-7-3-1-5-12(14)13-6-2-4-8-15(13)17/h1-8,16-18H,9-11H2,(H,23,24). The van der Waals surface area contributed by atoms with Crippen LogP contribution in [0.25, 0.3) is 11.1 Å². The quantitative estimate of drug-likeness (QED) is 0.917. The van der Waals surface area contributed by atoms with E-state index in [0.29, 0.717) is 0 Å². The van der Waals surface area contributed by atoms with Gasteiger partial charge in [0.2, 0.25) is 0 Å². The fourth-order valence-electron chi connectivity index (χ4n) is 3.83. The Morgan fingerprint density at radius 3 is 2.15 bits per heavy atom. The van der Waals surface area contributed by atoms with Crippen LogP contribution < -0.4 is 0 Å². The first-order valence-electron chi connectivity index (χ1n) is 8.53. The van der Waals surface area contributed by atoms with Crippen molar-refractivity contribution in [2.45, 2.75) is 12.1 Å². The molecule has 0 spiro atoms. The van der Waals surface area contributed by atoms with E-state index in [9.17, 15) is 14.0 Å². The number of alkyl halides is 1. The number of benzene rings is 2. The lowest BCUT2D eigenvalue weighted by molar-refractivity contribution is -0.142. The van der Waals surface area contributed by atoms with E-state index in [4.69, 9.17) is 9.84 Å². The van der Waals surface area contributed by atoms with Gasteiger partial charge in [0.25, 0.3) is 0 Å². The third-order valence-electron chi connectivity index (χ3n) is 5.16. The van der Waals surface area contributed by atoms with E-state index in [2.05, 4.69) is 0 Å². The Hall–Kier alpha value is -2.89. The normalized spacial score (nSPS) is 21.3. The van der Waals surface area contributed by atoms with Gasteiger partial charge in [-0.25, -0.2) is 9.18 Å². The smallest absolute Gasteiger partial charge is 0.409 e. The molecule has 1 fully saturated rings. The summed E-state index contributed by atoms with van der Waals surface area (Å²) in [6, 6.07) is 16.0. The Kier molecular flexibility index (Phi) is 4.11. The number of hydrogen-bond acceptors (Lipinski definition) is 3. The van der Waals surface area contributed by atoms with Crippen molar-refractivity contribution in [3.05, 3.63) is 59.7 Å². The molecule has 1 heterocycles. The summed E-state index contributed by atoms with van der Waals surface area (Å²) in [7, 11) is 0. The molecule has 1 N–H and O–H groups in total. The van der Waals surface area contributed by atoms with E-state index >= 15 is 0 Å². The van der Waals surface area contributed by atoms with Crippen molar-refractivity contribution in [3.8, 4) is 11.1 Å². The molecule has 0 saturated carbocycles. The van der Waals surface area contributed by atoms with Crippen molar-refractivity contribution >= 4 is 12.1 Å². The highest BCUT2D eigenvalue weighted by molar-refractivity contribution is 5.79. The number of ether oxygens (including phenoxy) is 1. The number of carboxylic acids is 1. The van der Waals surface area contributed by atoms with Crippen LogP contribution in [0, 0.1) is 5.92 Å². The van der Waals surface area contributed by atoms with E-state index < -0.39 is 24.2 Å². The number of fused-ring (bicyclic) bond motifs is 3. The van der Waals surface area contributed by atoms with Crippen LogP contribution in [-0.2, 0) is 9.53 Å². The number of nitrogens with zero attached hydrogens (tertiary/aromatic N) is 1. The second-order valence-corrected chi connectivity index (χ2v) is 6.67. The van der Waals surface area contributed by atoms with Crippen molar-refractivity contribution in [1.29, 1.82) is 0 Å². The van der Waals surface area contributed by atoms with Gasteiger partial charge < -0.3 is 14.7 Å². The number of hydrogen-bond donors (Lipinski definition) is 1. The number of amides is 1. The summed E-state index contributed by atoms with van der Waals surface area (Å²) in [5.74, 6) is -2.49. The van der Waals surface area contributed by atoms with Crippen LogP contribution in [0.2, 0.25) is 0 Å². The molecular formula is C20H18FNO4. The predicted octanol–water partition coefficient (Wildman–Crippen LogP) is 3.29. The number of rotatable bonds is 3. The van der Waals surface area contributed by atoms with Crippen LogP contribution >= 0.6 is 0 Å². The van der Waals surface area contributed by atoms with Crippen LogP contribution in [0.4, 0.5) is 9.18 Å². The molecule has 2 aromatic rings. The van der Waals surface area contributed by atoms with Crippen molar-refractivity contribution < 1.29 is 23.8 Å². The van der Waals surface area contributed by atoms with Gasteiger partial charge in [-0.1, -0.05) is 48.5 Å². The Labute approximate surface area is 150 Å². The molecule has 2 aromatic carbocycles. The summed E-state index contributed by atoms with van der Waals surface area (Å²) in [4.78, 5) is 24.4. The first-order chi connectivity index (χ1) is 12.6. The van der Waals surface area contributed by atoms with Gasteiger partial charge in [0.05, 0.1) is 6.54 Å². The van der Waals surface area contributed by atoms with E-state index in [1.165, 1.54) is 0 Å². The molecule has 2 aliphatic rings. The molecule has 0 radical (unpaired) electrons. The van der Waals surface area contributed by atoms with Crippen LogP contribution in [0.5, 0.6) is 0 Å². The molecule has 1 saturated heterocycles. The monoisotopic (exact) mass is 355 g/mol. The zero-order valence-electron chi connectivity index (χ0n) is 14.0. The van der Waals surface area contributed by atoms with Crippen molar-refractivity contribution in [1.82, 2.24) is 4.90 Å². The summed E-state index contributed by atoms with van der Waals surface area (Å²) < 4.78 is 19.2. The molecule has 1 amide bonds. The van der Waals surface area contributed by atoms with Crippen LogP contribution in [-0.4, -0.2) is 47.9 Å². The zero-order chi connectivity index (χ0) is 18.3. The molecule has 0 bridgehead atoms. The van der Waals surface area contributed by atoms with Gasteiger partial charge in [0, 0.05) is 12.5 Å². The van der Waals surface area contributed by atoms with Crippen molar-refractivity contribution in [3.63, 3.8) is 0 Å². The van der Waals surface area contributed by atoms with E-state index in [-0.39, 0.29) is 25.6 Å². The molecule has 6 heteroatoms. The lowest BCUT2D eigenvalue weighted by Crippen LogP contribution is -2.31. The Morgan fingerprint density at radius 2 is 1.62 bits per heavy atom. The zero-order valence-corrected chi connectivity index (χ0v) is 14.0. The number of aliphatic carboxylic acids is 1. The maximum atomic E-state index is 13.8. The van der Waals surface area contributed by atoms with E-state index in [1.807, 2.05) is 48.5 Å². The van der Waals surface area contributed by atoms with Gasteiger partial charge in [0.1, 0.15) is 18.7 Å². The first-order valence-corrected chi connectivity index (χ1v) is 8.53. The van der Waals surface area contributed by atoms with Gasteiger partial charge in [-0.3, -0.25) is 4.79 Å². The SMILES string of the molecule is O=C(O)C1CN(C(=O)OCC2c3ccccc3-c3ccccc32)CC1F. The molecule has 2 unspecified atom stereocenters. The van der Waals surface area contributed by atoms with E-state index in [1.54, 1.807) is 0 Å². The highest BCUT2D eigenvalue weighted by Crippen LogP contribution is 2.44. The summed E-state index contributed by atoms with van der Waals surface area (Å²) in [6.45, 7) is -0.265. The largest absolute Gasteiger partial charge is 0.481 e. The molecule has 1 aliphatic carbocycles. The summed E-state index contributed by atoms with van der Waals surface area (Å²) in [6.07, 6.45) is -2.23. The molecule has 5 nitrogen and oxygen atoms in total. The lowest BCUT2D eigenvalue weighted by atomic mass is 9.98. The van der Waals surface area contributed by atoms with Gasteiger partial charge >= 0.3 is 12.1 Å². The highest BCUT2D eigenvalue weighted by atomic mass is 19.1. The van der Waals surface area contributed by atoms with Gasteiger partial charge in [-0.15, -0.1) is 0 Å². The van der Waals surface area contributed by atoms with Gasteiger partial charge in [-0.2, -0.15) is 0 Å². The fourth-order valence-corrected chi connectivity index (χ4v) is 3.83. The molecule has 134 valence electrons. The molecule has 26 heavy (non-hydrogen) atoms. The van der Waals surface area contributed by atoms with Crippen LogP contribution in [0.3, 0.4) is 0 Å². The van der Waals surface area contributed by atoms with Crippen LogP contribution in [0.15, 0.2) is 48.5 Å². The average Bonchev–Trinajstić information content (AvgIpc) is 3.18. The maximum Gasteiger partial charge on any atom is 0.409 e. The Morgan fingerprint density at radius 1 is 1.04 bits per heavy atom. The van der Waals surface area contributed by atoms with Gasteiger partial charge in [-0.05, 0) is 22.3 Å². The third-order valence-corrected chi connectivity index (χ3v) is 5.16. The average molecular weight is 355 g/mol. The minimum Gasteiger partial charge on any atom is -0.481 e. The fraction of sp³-hybridized carbons (Fsp3) is 0.300. The van der Waals surface area contributed by atoms with Crippen molar-refractivity contribution in [2.24, 2.45) is 5.92 Å². The number of carbonyl (C=O) groups excluding carboxylic acids is 1. The minimum atomic E-state index is -1.56. The minimum absolute atomic E-state index is 0.0783. The molecule has 0 aromatic heterocycles. The molecule has 1 aliphatic heterocycles. The number of carbonyl (C=O) groups is 2. The summed E-state index contributed by atoms with van der Waals surface area (Å²) in [5, 5.41) is 8.99. The number of halogens is 1. The Balaban J connectivity index is 1.49. The second-order valence-electron chi connectivity index (χ2n) is 6.67.